The number of nitrogens with zero attached hydrogens (tertiary/aromatic N) is 4. The number of nitrogens with one attached hydrogen (secondary N) is 1. The van der Waals surface area contributed by atoms with Crippen LogP contribution in [-0.2, 0) is 11.3 Å². The van der Waals surface area contributed by atoms with Crippen molar-refractivity contribution in [3.63, 3.8) is 0 Å². The van der Waals surface area contributed by atoms with Gasteiger partial charge in [0.15, 0.2) is 5.67 Å². The highest BCUT2D eigenvalue weighted by Crippen LogP contribution is 2.55. The lowest BCUT2D eigenvalue weighted by Crippen LogP contribution is -2.28. The fraction of sp³-hybridized carbons (Fsp3) is 0.217. The number of rotatable bonds is 6. The molecule has 0 aliphatic heterocycles. The standard InChI is InChI=1S/C23H20ClFN6O2/c1-33-15-4-2-13(3-5-15)11-31-12-27-10-18(31)17-8-23(17,25)22(32)30-20-7-14-6-19(24)29-21(26)16(14)9-28-20/h2-7,9-10,12,17H,8,11H2,1H3,(H2,26,29)(H,28,30,32). The molecule has 1 aromatic carbocycles. The summed E-state index contributed by atoms with van der Waals surface area (Å²) in [5.74, 6) is -0.131. The van der Waals surface area contributed by atoms with E-state index in [2.05, 4.69) is 20.3 Å². The van der Waals surface area contributed by atoms with E-state index in [0.717, 1.165) is 11.3 Å². The summed E-state index contributed by atoms with van der Waals surface area (Å²) < 4.78 is 22.6. The van der Waals surface area contributed by atoms with Crippen LogP contribution in [0.15, 0.2) is 55.1 Å². The van der Waals surface area contributed by atoms with Crippen LogP contribution >= 0.6 is 11.6 Å². The molecule has 3 aromatic heterocycles. The third-order valence-corrected chi connectivity index (χ3v) is 6.03. The van der Waals surface area contributed by atoms with E-state index in [4.69, 9.17) is 22.1 Å². The number of imidazole rings is 1. The molecule has 4 aromatic rings. The van der Waals surface area contributed by atoms with E-state index < -0.39 is 17.5 Å². The van der Waals surface area contributed by atoms with Crippen molar-refractivity contribution in [1.82, 2.24) is 19.5 Å². The number of carbonyl (C=O) groups excluding carboxylic acids is 1. The van der Waals surface area contributed by atoms with E-state index in [1.54, 1.807) is 31.8 Å². The Morgan fingerprint density at radius 3 is 2.88 bits per heavy atom. The molecule has 0 spiro atoms. The van der Waals surface area contributed by atoms with Gasteiger partial charge >= 0.3 is 0 Å². The van der Waals surface area contributed by atoms with E-state index in [-0.39, 0.29) is 23.2 Å². The molecule has 2 atom stereocenters. The van der Waals surface area contributed by atoms with Gasteiger partial charge in [-0.1, -0.05) is 23.7 Å². The molecular formula is C23H20ClFN6O2. The Balaban J connectivity index is 1.32. The van der Waals surface area contributed by atoms with Crippen molar-refractivity contribution in [3.05, 3.63) is 71.5 Å². The zero-order valence-corrected chi connectivity index (χ0v) is 18.4. The van der Waals surface area contributed by atoms with Gasteiger partial charge < -0.3 is 20.4 Å². The molecule has 3 N–H and O–H groups in total. The Bertz CT molecular complexity index is 1360. The Kier molecular flexibility index (Phi) is 5.13. The van der Waals surface area contributed by atoms with Crippen LogP contribution in [0.3, 0.4) is 0 Å². The molecule has 1 fully saturated rings. The average Bonchev–Trinajstić information content (AvgIpc) is 3.28. The summed E-state index contributed by atoms with van der Waals surface area (Å²) in [7, 11) is 1.61. The van der Waals surface area contributed by atoms with Crippen LogP contribution in [0.2, 0.25) is 5.15 Å². The van der Waals surface area contributed by atoms with Gasteiger partial charge in [0.1, 0.15) is 22.5 Å². The maximum Gasteiger partial charge on any atom is 0.263 e. The molecule has 1 saturated carbocycles. The molecule has 0 radical (unpaired) electrons. The van der Waals surface area contributed by atoms with Gasteiger partial charge in [0.25, 0.3) is 5.91 Å². The minimum Gasteiger partial charge on any atom is -0.497 e. The number of nitrogen functional groups attached to an aromatic ring is 1. The summed E-state index contributed by atoms with van der Waals surface area (Å²) in [6, 6.07) is 10.8. The Labute approximate surface area is 193 Å². The number of alkyl halides is 1. The second-order valence-electron chi connectivity index (χ2n) is 7.99. The number of benzene rings is 1. The Morgan fingerprint density at radius 2 is 2.12 bits per heavy atom. The van der Waals surface area contributed by atoms with Crippen molar-refractivity contribution >= 4 is 39.9 Å². The number of halogens is 2. The Morgan fingerprint density at radius 1 is 1.33 bits per heavy atom. The summed E-state index contributed by atoms with van der Waals surface area (Å²) in [4.78, 5) is 25.1. The third-order valence-electron chi connectivity index (χ3n) is 5.84. The predicted octanol–water partition coefficient (Wildman–Crippen LogP) is 3.95. The lowest BCUT2D eigenvalue weighted by molar-refractivity contribution is -0.122. The SMILES string of the molecule is COc1ccc(Cn2cncc2C2CC2(F)C(=O)Nc2cc3cc(Cl)nc(N)c3cn2)cc1. The van der Waals surface area contributed by atoms with Crippen molar-refractivity contribution < 1.29 is 13.9 Å². The molecule has 10 heteroatoms. The van der Waals surface area contributed by atoms with E-state index in [1.807, 2.05) is 28.8 Å². The largest absolute Gasteiger partial charge is 0.497 e. The van der Waals surface area contributed by atoms with Crippen LogP contribution in [0.5, 0.6) is 5.75 Å². The summed E-state index contributed by atoms with van der Waals surface area (Å²) in [5, 5.41) is 4.04. The third kappa shape index (κ3) is 3.95. The van der Waals surface area contributed by atoms with Gasteiger partial charge in [-0.3, -0.25) is 4.79 Å². The highest BCUT2D eigenvalue weighted by atomic mass is 35.5. The first-order valence-corrected chi connectivity index (χ1v) is 10.6. The number of ether oxygens (including phenoxy) is 1. The number of methoxy groups -OCH3 is 1. The zero-order chi connectivity index (χ0) is 23.2. The van der Waals surface area contributed by atoms with Crippen molar-refractivity contribution in [2.45, 2.75) is 24.6 Å². The molecule has 3 heterocycles. The van der Waals surface area contributed by atoms with E-state index in [1.165, 1.54) is 6.20 Å². The van der Waals surface area contributed by atoms with Gasteiger partial charge in [0.2, 0.25) is 0 Å². The maximum absolute atomic E-state index is 15.5. The molecule has 1 aliphatic carbocycles. The summed E-state index contributed by atoms with van der Waals surface area (Å²) in [6.07, 6.45) is 4.80. The fourth-order valence-electron chi connectivity index (χ4n) is 3.94. The lowest BCUT2D eigenvalue weighted by atomic mass is 10.1. The first kappa shape index (κ1) is 21.1. The van der Waals surface area contributed by atoms with Gasteiger partial charge in [-0.2, -0.15) is 0 Å². The van der Waals surface area contributed by atoms with Gasteiger partial charge in [-0.05, 0) is 35.2 Å². The van der Waals surface area contributed by atoms with Crippen LogP contribution in [0, 0.1) is 0 Å². The number of carbonyl (C=O) groups is 1. The smallest absolute Gasteiger partial charge is 0.263 e. The highest BCUT2D eigenvalue weighted by Gasteiger charge is 2.63. The molecule has 0 bridgehead atoms. The molecule has 1 aliphatic rings. The van der Waals surface area contributed by atoms with E-state index in [9.17, 15) is 4.79 Å². The van der Waals surface area contributed by atoms with Crippen LogP contribution in [0.25, 0.3) is 10.8 Å². The van der Waals surface area contributed by atoms with Crippen LogP contribution in [0.4, 0.5) is 16.0 Å². The maximum atomic E-state index is 15.5. The van der Waals surface area contributed by atoms with Crippen molar-refractivity contribution in [2.24, 2.45) is 0 Å². The molecule has 1 amide bonds. The first-order chi connectivity index (χ1) is 15.9. The number of fused-ring (bicyclic) bond motifs is 1. The normalized spacial score (nSPS) is 19.4. The highest BCUT2D eigenvalue weighted by molar-refractivity contribution is 6.30. The first-order valence-electron chi connectivity index (χ1n) is 10.2. The van der Waals surface area contributed by atoms with Gasteiger partial charge in [0, 0.05) is 42.4 Å². The molecule has 168 valence electrons. The number of hydrogen-bond acceptors (Lipinski definition) is 6. The van der Waals surface area contributed by atoms with Crippen LogP contribution in [-0.4, -0.2) is 38.2 Å². The number of nitrogens with two attached hydrogens (primary N) is 1. The second-order valence-corrected chi connectivity index (χ2v) is 8.38. The molecular weight excluding hydrogens is 447 g/mol. The average molecular weight is 467 g/mol. The van der Waals surface area contributed by atoms with Crippen molar-refractivity contribution in [2.75, 3.05) is 18.2 Å². The quantitative estimate of drug-likeness (QED) is 0.416. The Hall–Kier alpha value is -3.72. The number of pyridine rings is 2. The zero-order valence-electron chi connectivity index (χ0n) is 17.6. The van der Waals surface area contributed by atoms with Crippen LogP contribution in [0.1, 0.15) is 23.6 Å². The minimum atomic E-state index is -2.04. The number of aromatic nitrogens is 4. The number of anilines is 2. The molecule has 0 saturated heterocycles. The van der Waals surface area contributed by atoms with Crippen LogP contribution < -0.4 is 15.8 Å². The number of amides is 1. The summed E-state index contributed by atoms with van der Waals surface area (Å²) >= 11 is 5.96. The summed E-state index contributed by atoms with van der Waals surface area (Å²) in [5.41, 5.74) is 5.49. The van der Waals surface area contributed by atoms with E-state index in [0.29, 0.717) is 23.0 Å². The van der Waals surface area contributed by atoms with Gasteiger partial charge in [-0.25, -0.2) is 19.3 Å². The van der Waals surface area contributed by atoms with Gasteiger partial charge in [-0.15, -0.1) is 0 Å². The van der Waals surface area contributed by atoms with Crippen molar-refractivity contribution in [3.8, 4) is 5.75 Å². The minimum absolute atomic E-state index is 0.0728. The topological polar surface area (TPSA) is 108 Å². The number of hydrogen-bond donors (Lipinski definition) is 2. The molecule has 2 unspecified atom stereocenters. The van der Waals surface area contributed by atoms with E-state index >= 15 is 4.39 Å². The molecule has 8 nitrogen and oxygen atoms in total. The second kappa shape index (κ2) is 8.00. The summed E-state index contributed by atoms with van der Waals surface area (Å²) in [6.45, 7) is 0.510. The predicted molar refractivity (Wildman–Crippen MR) is 123 cm³/mol. The monoisotopic (exact) mass is 466 g/mol. The fourth-order valence-corrected chi connectivity index (χ4v) is 4.15. The molecule has 33 heavy (non-hydrogen) atoms. The van der Waals surface area contributed by atoms with Crippen molar-refractivity contribution in [1.29, 1.82) is 0 Å². The lowest BCUT2D eigenvalue weighted by Gasteiger charge is -2.12. The molecule has 5 rings (SSSR count). The van der Waals surface area contributed by atoms with Gasteiger partial charge in [0.05, 0.1) is 13.4 Å².